The van der Waals surface area contributed by atoms with Crippen molar-refractivity contribution in [3.05, 3.63) is 46.8 Å². The van der Waals surface area contributed by atoms with Crippen LogP contribution in [0.1, 0.15) is 30.0 Å². The Kier molecular flexibility index (Phi) is 4.33. The normalized spacial score (nSPS) is 14.1. The molecular weight excluding hydrogens is 338 g/mol. The summed E-state index contributed by atoms with van der Waals surface area (Å²) in [5.74, 6) is 2.77. The fraction of sp³-hybridized carbons (Fsp3) is 0.333. The van der Waals surface area contributed by atoms with Gasteiger partial charge in [0.25, 0.3) is 0 Å². The summed E-state index contributed by atoms with van der Waals surface area (Å²) in [6, 6.07) is 11.0. The van der Waals surface area contributed by atoms with Gasteiger partial charge in [0, 0.05) is 17.4 Å². The van der Waals surface area contributed by atoms with E-state index in [1.54, 1.807) is 30.2 Å². The van der Waals surface area contributed by atoms with Crippen molar-refractivity contribution in [1.82, 2.24) is 14.8 Å². The smallest absolute Gasteiger partial charge is 0.192 e. The number of hydrogen-bond acceptors (Lipinski definition) is 5. The summed E-state index contributed by atoms with van der Waals surface area (Å²) in [7, 11) is 1.72. The molecule has 0 aliphatic heterocycles. The van der Waals surface area contributed by atoms with E-state index in [0.29, 0.717) is 6.04 Å². The van der Waals surface area contributed by atoms with Gasteiger partial charge in [0.05, 0.1) is 12.0 Å². The molecule has 4 nitrogen and oxygen atoms in total. The van der Waals surface area contributed by atoms with E-state index in [1.807, 2.05) is 6.07 Å². The van der Waals surface area contributed by atoms with Crippen LogP contribution in [0.3, 0.4) is 0 Å². The highest BCUT2D eigenvalue weighted by Crippen LogP contribution is 2.42. The lowest BCUT2D eigenvalue weighted by Crippen LogP contribution is -1.99. The first-order chi connectivity index (χ1) is 11.8. The summed E-state index contributed by atoms with van der Waals surface area (Å²) in [6.45, 7) is 2.11. The first-order valence-corrected chi connectivity index (χ1v) is 9.88. The minimum atomic E-state index is 0.555. The van der Waals surface area contributed by atoms with Crippen LogP contribution in [0.2, 0.25) is 0 Å². The molecule has 6 heteroatoms. The first-order valence-electron chi connectivity index (χ1n) is 8.01. The molecule has 124 valence electrons. The molecular formula is C18H19N3OS2. The molecule has 3 aromatic rings. The number of ether oxygens (including phenoxy) is 1. The molecule has 0 atom stereocenters. The molecule has 2 heterocycles. The Labute approximate surface area is 149 Å². The second-order valence-corrected chi connectivity index (χ2v) is 7.88. The average molecular weight is 358 g/mol. The molecule has 1 fully saturated rings. The highest BCUT2D eigenvalue weighted by Gasteiger charge is 2.30. The molecule has 1 aromatic carbocycles. The largest absolute Gasteiger partial charge is 0.496 e. The fourth-order valence-electron chi connectivity index (χ4n) is 2.77. The SMILES string of the molecule is COc1ccc(C)cc1CSc1nnc(-c2cccs2)n1C1CC1. The Hall–Kier alpha value is -1.79. The summed E-state index contributed by atoms with van der Waals surface area (Å²) in [5.41, 5.74) is 2.44. The number of thioether (sulfide) groups is 1. The van der Waals surface area contributed by atoms with Crippen LogP contribution >= 0.6 is 23.1 Å². The van der Waals surface area contributed by atoms with Gasteiger partial charge in [-0.2, -0.15) is 0 Å². The number of benzene rings is 1. The number of hydrogen-bond donors (Lipinski definition) is 0. The van der Waals surface area contributed by atoms with Crippen molar-refractivity contribution in [2.24, 2.45) is 0 Å². The molecule has 0 N–H and O–H groups in total. The predicted octanol–water partition coefficient (Wildman–Crippen LogP) is 4.95. The molecule has 1 saturated carbocycles. The van der Waals surface area contributed by atoms with Gasteiger partial charge in [0.2, 0.25) is 0 Å². The Morgan fingerprint density at radius 2 is 2.17 bits per heavy atom. The van der Waals surface area contributed by atoms with E-state index in [1.165, 1.54) is 28.8 Å². The lowest BCUT2D eigenvalue weighted by atomic mass is 10.1. The zero-order chi connectivity index (χ0) is 16.5. The zero-order valence-corrected chi connectivity index (χ0v) is 15.4. The maximum Gasteiger partial charge on any atom is 0.192 e. The highest BCUT2D eigenvalue weighted by atomic mass is 32.2. The van der Waals surface area contributed by atoms with E-state index < -0.39 is 0 Å². The molecule has 0 unspecified atom stereocenters. The molecule has 1 aliphatic rings. The van der Waals surface area contributed by atoms with Gasteiger partial charge in [0.1, 0.15) is 5.75 Å². The lowest BCUT2D eigenvalue weighted by molar-refractivity contribution is 0.411. The summed E-state index contributed by atoms with van der Waals surface area (Å²) < 4.78 is 7.81. The van der Waals surface area contributed by atoms with E-state index in [0.717, 1.165) is 22.5 Å². The summed E-state index contributed by atoms with van der Waals surface area (Å²) in [6.07, 6.45) is 2.44. The second-order valence-electron chi connectivity index (χ2n) is 5.99. The van der Waals surface area contributed by atoms with Crippen molar-refractivity contribution < 1.29 is 4.74 Å². The minimum Gasteiger partial charge on any atom is -0.496 e. The van der Waals surface area contributed by atoms with Gasteiger partial charge < -0.3 is 4.74 Å². The van der Waals surface area contributed by atoms with Crippen LogP contribution in [0.25, 0.3) is 10.7 Å². The average Bonchev–Trinajstić information content (AvgIpc) is 3.11. The molecule has 1 aliphatic carbocycles. The van der Waals surface area contributed by atoms with Gasteiger partial charge in [-0.25, -0.2) is 0 Å². The van der Waals surface area contributed by atoms with Crippen LogP contribution in [-0.4, -0.2) is 21.9 Å². The van der Waals surface area contributed by atoms with Crippen molar-refractivity contribution in [1.29, 1.82) is 0 Å². The van der Waals surface area contributed by atoms with Crippen LogP contribution in [0, 0.1) is 6.92 Å². The molecule has 24 heavy (non-hydrogen) atoms. The number of aromatic nitrogens is 3. The molecule has 0 radical (unpaired) electrons. The van der Waals surface area contributed by atoms with Crippen molar-refractivity contribution in [3.63, 3.8) is 0 Å². The van der Waals surface area contributed by atoms with Crippen molar-refractivity contribution in [2.45, 2.75) is 36.7 Å². The van der Waals surface area contributed by atoms with Crippen molar-refractivity contribution in [3.8, 4) is 16.5 Å². The van der Waals surface area contributed by atoms with Crippen molar-refractivity contribution in [2.75, 3.05) is 7.11 Å². The first kappa shape index (κ1) is 15.7. The molecule has 4 rings (SSSR count). The van der Waals surface area contributed by atoms with E-state index in [9.17, 15) is 0 Å². The number of aryl methyl sites for hydroxylation is 1. The number of nitrogens with zero attached hydrogens (tertiary/aromatic N) is 3. The molecule has 0 saturated heterocycles. The Balaban J connectivity index is 1.61. The fourth-order valence-corrected chi connectivity index (χ4v) is 4.46. The van der Waals surface area contributed by atoms with Crippen molar-refractivity contribution >= 4 is 23.1 Å². The van der Waals surface area contributed by atoms with Gasteiger partial charge in [-0.15, -0.1) is 21.5 Å². The Bertz CT molecular complexity index is 838. The number of methoxy groups -OCH3 is 1. The van der Waals surface area contributed by atoms with Gasteiger partial charge in [-0.1, -0.05) is 35.5 Å². The van der Waals surface area contributed by atoms with Gasteiger partial charge in [-0.3, -0.25) is 4.57 Å². The van der Waals surface area contributed by atoms with Gasteiger partial charge in [0.15, 0.2) is 11.0 Å². The van der Waals surface area contributed by atoms with Crippen LogP contribution < -0.4 is 4.74 Å². The lowest BCUT2D eigenvalue weighted by Gasteiger charge is -2.10. The van der Waals surface area contributed by atoms with Crippen LogP contribution in [0.4, 0.5) is 0 Å². The molecule has 0 amide bonds. The molecule has 0 spiro atoms. The minimum absolute atomic E-state index is 0.555. The summed E-state index contributed by atoms with van der Waals surface area (Å²) in [4.78, 5) is 1.19. The Morgan fingerprint density at radius 3 is 2.88 bits per heavy atom. The van der Waals surface area contributed by atoms with E-state index in [4.69, 9.17) is 4.74 Å². The zero-order valence-electron chi connectivity index (χ0n) is 13.7. The number of thiophene rings is 1. The standard InChI is InChI=1S/C18H19N3OS2/c1-12-5-8-15(22-2)13(10-12)11-24-18-20-19-17(16-4-3-9-23-16)21(18)14-6-7-14/h3-5,8-10,14H,6-7,11H2,1-2H3. The quantitative estimate of drug-likeness (QED) is 0.585. The van der Waals surface area contributed by atoms with Crippen LogP contribution in [-0.2, 0) is 5.75 Å². The van der Waals surface area contributed by atoms with E-state index in [-0.39, 0.29) is 0 Å². The molecule has 0 bridgehead atoms. The van der Waals surface area contributed by atoms with Gasteiger partial charge >= 0.3 is 0 Å². The Morgan fingerprint density at radius 1 is 1.29 bits per heavy atom. The monoisotopic (exact) mass is 357 g/mol. The third-order valence-electron chi connectivity index (χ3n) is 4.11. The maximum atomic E-state index is 5.49. The molecule has 2 aromatic heterocycles. The maximum absolute atomic E-state index is 5.49. The third-order valence-corrected chi connectivity index (χ3v) is 5.97. The predicted molar refractivity (Wildman–Crippen MR) is 98.9 cm³/mol. The topological polar surface area (TPSA) is 39.9 Å². The van der Waals surface area contributed by atoms with E-state index >= 15 is 0 Å². The summed E-state index contributed by atoms with van der Waals surface area (Å²) in [5, 5.41) is 12.0. The highest BCUT2D eigenvalue weighted by molar-refractivity contribution is 7.98. The number of rotatable bonds is 6. The van der Waals surface area contributed by atoms with Crippen LogP contribution in [0.15, 0.2) is 40.9 Å². The van der Waals surface area contributed by atoms with Crippen LogP contribution in [0.5, 0.6) is 5.75 Å². The van der Waals surface area contributed by atoms with E-state index in [2.05, 4.69) is 51.3 Å². The third kappa shape index (κ3) is 3.08. The summed E-state index contributed by atoms with van der Waals surface area (Å²) >= 11 is 3.46. The van der Waals surface area contributed by atoms with Gasteiger partial charge in [-0.05, 0) is 37.3 Å². The second kappa shape index (κ2) is 6.61.